The van der Waals surface area contributed by atoms with Crippen molar-refractivity contribution >= 4 is 5.69 Å². The monoisotopic (exact) mass is 723 g/mol. The lowest BCUT2D eigenvalue weighted by Gasteiger charge is -2.44. The van der Waals surface area contributed by atoms with Crippen LogP contribution in [0.4, 0.5) is 5.69 Å². The number of anilines is 1. The maximum atomic E-state index is 7.81. The van der Waals surface area contributed by atoms with Gasteiger partial charge in [0.15, 0.2) is 0 Å². The quantitative estimate of drug-likeness (QED) is 0.243. The molecule has 2 heteroatoms. The molecule has 2 nitrogen and oxygen atoms in total. The molecule has 8 aliphatic rings. The van der Waals surface area contributed by atoms with E-state index in [9.17, 15) is 0 Å². The highest BCUT2D eigenvalue weighted by molar-refractivity contribution is 5.73. The molecule has 0 N–H and O–H groups in total. The molecule has 11 rings (SSSR count). The minimum absolute atomic E-state index is 0.00828. The van der Waals surface area contributed by atoms with Gasteiger partial charge in [-0.05, 0) is 104 Å². The highest BCUT2D eigenvalue weighted by Gasteiger charge is 2.58. The second-order valence-corrected chi connectivity index (χ2v) is 18.6. The Hall–Kier alpha value is -4.30. The summed E-state index contributed by atoms with van der Waals surface area (Å²) in [6.07, 6.45) is 33.2. The highest BCUT2D eigenvalue weighted by Crippen LogP contribution is 2.66. The first-order valence-electron chi connectivity index (χ1n) is 21.9. The second kappa shape index (κ2) is 12.9. The van der Waals surface area contributed by atoms with Crippen LogP contribution >= 0.6 is 0 Å². The Bertz CT molecular complexity index is 2230. The molecule has 0 spiro atoms. The lowest BCUT2D eigenvalue weighted by Crippen LogP contribution is -2.49. The van der Waals surface area contributed by atoms with Crippen LogP contribution in [0.3, 0.4) is 0 Å². The molecule has 0 bridgehead atoms. The number of benzene rings is 3. The van der Waals surface area contributed by atoms with E-state index in [1.165, 1.54) is 96.3 Å². The average Bonchev–Trinajstić information content (AvgIpc) is 3.85. The van der Waals surface area contributed by atoms with Crippen LogP contribution in [0.5, 0.6) is 5.75 Å². The third-order valence-electron chi connectivity index (χ3n) is 15.7. The van der Waals surface area contributed by atoms with E-state index >= 15 is 0 Å². The number of hydrogen-bond donors (Lipinski definition) is 0. The molecule has 55 heavy (non-hydrogen) atoms. The molecule has 1 heterocycles. The molecule has 0 radical (unpaired) electrons. The molecule has 8 atom stereocenters. The van der Waals surface area contributed by atoms with Crippen molar-refractivity contribution in [2.45, 2.75) is 126 Å². The molecule has 1 aliphatic heterocycles. The van der Waals surface area contributed by atoms with Crippen LogP contribution < -0.4 is 9.64 Å². The van der Waals surface area contributed by atoms with E-state index in [2.05, 4.69) is 141 Å². The predicted octanol–water partition coefficient (Wildman–Crippen LogP) is 13.1. The molecule has 280 valence electrons. The zero-order valence-corrected chi connectivity index (χ0v) is 33.1. The summed E-state index contributed by atoms with van der Waals surface area (Å²) in [5.41, 5.74) is 15.2. The van der Waals surface area contributed by atoms with E-state index in [0.29, 0.717) is 23.7 Å². The van der Waals surface area contributed by atoms with E-state index in [1.807, 2.05) is 5.57 Å². The first-order valence-corrected chi connectivity index (χ1v) is 21.9. The summed E-state index contributed by atoms with van der Waals surface area (Å²) in [7, 11) is 0. The summed E-state index contributed by atoms with van der Waals surface area (Å²) < 4.78 is 7.81. The lowest BCUT2D eigenvalue weighted by molar-refractivity contribution is 0.160. The third kappa shape index (κ3) is 4.79. The van der Waals surface area contributed by atoms with Crippen molar-refractivity contribution in [2.24, 2.45) is 17.8 Å². The van der Waals surface area contributed by atoms with Crippen LogP contribution in [-0.4, -0.2) is 12.1 Å². The van der Waals surface area contributed by atoms with Crippen LogP contribution in [0.25, 0.3) is 0 Å². The van der Waals surface area contributed by atoms with Gasteiger partial charge in [0.2, 0.25) is 0 Å². The number of fused-ring (bicyclic) bond motifs is 8. The van der Waals surface area contributed by atoms with Gasteiger partial charge in [0.25, 0.3) is 0 Å². The Morgan fingerprint density at radius 2 is 1.64 bits per heavy atom. The molecule has 0 saturated heterocycles. The zero-order valence-electron chi connectivity index (χ0n) is 33.1. The Morgan fingerprint density at radius 3 is 2.51 bits per heavy atom. The largest absolute Gasteiger partial charge is 0.487 e. The van der Waals surface area contributed by atoms with Gasteiger partial charge in [0.1, 0.15) is 11.9 Å². The predicted molar refractivity (Wildman–Crippen MR) is 227 cm³/mol. The lowest BCUT2D eigenvalue weighted by atomic mass is 9.59. The summed E-state index contributed by atoms with van der Waals surface area (Å²) in [5, 5.41) is 0. The molecule has 3 aromatic carbocycles. The molecular weight excluding hydrogens is 667 g/mol. The van der Waals surface area contributed by atoms with Crippen molar-refractivity contribution in [3.8, 4) is 5.75 Å². The molecular formula is C53H57NO. The minimum atomic E-state index is -0.121. The van der Waals surface area contributed by atoms with Gasteiger partial charge in [-0.25, -0.2) is 0 Å². The van der Waals surface area contributed by atoms with E-state index in [0.717, 1.165) is 19.3 Å². The Balaban J connectivity index is 1.09. The van der Waals surface area contributed by atoms with Crippen LogP contribution in [0.2, 0.25) is 0 Å². The number of para-hydroxylation sites is 1. The van der Waals surface area contributed by atoms with Gasteiger partial charge in [-0.15, -0.1) is 0 Å². The van der Waals surface area contributed by atoms with Crippen molar-refractivity contribution in [3.63, 3.8) is 0 Å². The summed E-state index contributed by atoms with van der Waals surface area (Å²) in [5.74, 6) is 3.60. The SMILES string of the molecule is C[C@@H]1C=CC(N(C2=CCCC=C2)c2cccc3c2C2CC=CC=C2C3(C)C)C2Oc3c(cccc3C3(c4ccccc4)C4=C(CCCC4)C4CCCCC43)C21. The van der Waals surface area contributed by atoms with Gasteiger partial charge < -0.3 is 9.64 Å². The van der Waals surface area contributed by atoms with Crippen molar-refractivity contribution < 1.29 is 4.74 Å². The van der Waals surface area contributed by atoms with Gasteiger partial charge in [-0.1, -0.05) is 154 Å². The average molecular weight is 724 g/mol. The fraction of sp³-hybridized carbons (Fsp3) is 0.434. The highest BCUT2D eigenvalue weighted by atomic mass is 16.5. The second-order valence-electron chi connectivity index (χ2n) is 18.6. The van der Waals surface area contributed by atoms with Crippen molar-refractivity contribution in [3.05, 3.63) is 166 Å². The molecule has 3 aromatic rings. The Kier molecular flexibility index (Phi) is 7.95. The maximum Gasteiger partial charge on any atom is 0.130 e. The fourth-order valence-corrected chi connectivity index (χ4v) is 13.6. The normalized spacial score (nSPS) is 33.4. The smallest absolute Gasteiger partial charge is 0.130 e. The Labute approximate surface area is 329 Å². The summed E-state index contributed by atoms with van der Waals surface area (Å²) in [6.45, 7) is 7.32. The molecule has 7 unspecified atom stereocenters. The van der Waals surface area contributed by atoms with Crippen molar-refractivity contribution in [2.75, 3.05) is 4.90 Å². The molecule has 1 fully saturated rings. The van der Waals surface area contributed by atoms with E-state index < -0.39 is 0 Å². The van der Waals surface area contributed by atoms with E-state index in [1.54, 1.807) is 11.1 Å². The summed E-state index contributed by atoms with van der Waals surface area (Å²) in [6, 6.07) is 26.3. The molecule has 1 saturated carbocycles. The molecule has 7 aliphatic carbocycles. The zero-order chi connectivity index (χ0) is 36.9. The van der Waals surface area contributed by atoms with E-state index in [4.69, 9.17) is 4.74 Å². The molecule has 0 amide bonds. The van der Waals surface area contributed by atoms with Crippen LogP contribution in [0, 0.1) is 17.8 Å². The number of hydrogen-bond acceptors (Lipinski definition) is 2. The molecule has 0 aromatic heterocycles. The van der Waals surface area contributed by atoms with Crippen molar-refractivity contribution in [1.82, 2.24) is 0 Å². The number of rotatable bonds is 5. The van der Waals surface area contributed by atoms with Gasteiger partial charge >= 0.3 is 0 Å². The number of allylic oxidation sites excluding steroid dienone is 10. The van der Waals surface area contributed by atoms with Crippen LogP contribution in [0.15, 0.2) is 138 Å². The van der Waals surface area contributed by atoms with Crippen molar-refractivity contribution in [1.29, 1.82) is 0 Å². The number of nitrogens with zero attached hydrogens (tertiary/aromatic N) is 1. The maximum absolute atomic E-state index is 7.81. The third-order valence-corrected chi connectivity index (χ3v) is 15.7. The first kappa shape index (κ1) is 34.0. The minimum Gasteiger partial charge on any atom is -0.487 e. The van der Waals surface area contributed by atoms with Gasteiger partial charge in [-0.2, -0.15) is 0 Å². The number of ether oxygens (including phenoxy) is 1. The van der Waals surface area contributed by atoms with Gasteiger partial charge in [-0.3, -0.25) is 0 Å². The summed E-state index contributed by atoms with van der Waals surface area (Å²) >= 11 is 0. The topological polar surface area (TPSA) is 12.5 Å². The van der Waals surface area contributed by atoms with E-state index in [-0.39, 0.29) is 28.9 Å². The summed E-state index contributed by atoms with van der Waals surface area (Å²) in [4.78, 5) is 2.72. The Morgan fingerprint density at radius 1 is 0.800 bits per heavy atom. The first-order chi connectivity index (χ1) is 27.0. The van der Waals surface area contributed by atoms with Crippen LogP contribution in [0.1, 0.15) is 131 Å². The standard InChI is InChI=1S/C53H57NO/c1-34-32-33-47(54(36-20-8-5-9-21-36)46-31-17-29-44-49(46)39-24-12-13-26-41(39)52(44,2)3)51-48(34)40-25-16-30-45(50(40)55-51)53(35-18-6-4-7-19-35)42-27-14-10-22-37(42)38-23-11-15-28-43(38)53/h4,6-8,12-13,16-21,25-26,29-34,37,39,42,47-48,51H,5,9-11,14-15,22-24,27-28H2,1-3H3/t34-,37?,39?,42?,47?,48?,51?,53?/m1/s1. The van der Waals surface area contributed by atoms with Crippen LogP contribution in [-0.2, 0) is 10.8 Å². The van der Waals surface area contributed by atoms with Gasteiger partial charge in [0, 0.05) is 45.2 Å². The fourth-order valence-electron chi connectivity index (χ4n) is 13.6. The van der Waals surface area contributed by atoms with Gasteiger partial charge in [0.05, 0.1) is 6.04 Å².